The molecule has 1 atom stereocenters. The Morgan fingerprint density at radius 3 is 2.25 bits per heavy atom. The van der Waals surface area contributed by atoms with Gasteiger partial charge in [-0.25, -0.2) is 9.59 Å². The minimum atomic E-state index is -0.969. The first-order valence-electron chi connectivity index (χ1n) is 7.24. The van der Waals surface area contributed by atoms with Crippen molar-refractivity contribution in [3.63, 3.8) is 0 Å². The molecule has 0 spiro atoms. The van der Waals surface area contributed by atoms with E-state index in [-0.39, 0.29) is 6.03 Å². The van der Waals surface area contributed by atoms with Gasteiger partial charge in [0.15, 0.2) is 0 Å². The van der Waals surface area contributed by atoms with Gasteiger partial charge in [0.1, 0.15) is 6.04 Å². The molecule has 0 saturated carbocycles. The maximum absolute atomic E-state index is 11.8. The summed E-state index contributed by atoms with van der Waals surface area (Å²) < 4.78 is 0. The summed E-state index contributed by atoms with van der Waals surface area (Å²) in [4.78, 5) is 26.3. The van der Waals surface area contributed by atoms with Crippen LogP contribution < -0.4 is 5.32 Å². The summed E-state index contributed by atoms with van der Waals surface area (Å²) in [5.41, 5.74) is 0. The molecule has 0 saturated heterocycles. The molecule has 0 aliphatic carbocycles. The molecular weight excluding hydrogens is 258 g/mol. The number of carbonyl (C=O) groups is 2. The molecule has 6 heteroatoms. The third kappa shape index (κ3) is 6.75. The smallest absolute Gasteiger partial charge is 0.326 e. The lowest BCUT2D eigenvalue weighted by atomic mass is 10.2. The molecule has 1 unspecified atom stereocenters. The number of urea groups is 1. The monoisotopic (exact) mass is 287 g/mol. The third-order valence-electron chi connectivity index (χ3n) is 3.55. The van der Waals surface area contributed by atoms with Gasteiger partial charge in [-0.15, -0.1) is 0 Å². The van der Waals surface area contributed by atoms with Crippen LogP contribution in [0.15, 0.2) is 0 Å². The molecule has 6 nitrogen and oxygen atoms in total. The number of hydrogen-bond acceptors (Lipinski definition) is 3. The molecule has 2 amide bonds. The highest BCUT2D eigenvalue weighted by Crippen LogP contribution is 2.02. The Morgan fingerprint density at radius 1 is 1.20 bits per heavy atom. The Balaban J connectivity index is 3.91. The van der Waals surface area contributed by atoms with Crippen molar-refractivity contribution >= 4 is 12.0 Å². The lowest BCUT2D eigenvalue weighted by Crippen LogP contribution is -2.47. The molecule has 2 N–H and O–H groups in total. The topological polar surface area (TPSA) is 72.9 Å². The van der Waals surface area contributed by atoms with Crippen molar-refractivity contribution in [3.05, 3.63) is 0 Å². The second kappa shape index (κ2) is 9.58. The highest BCUT2D eigenvalue weighted by atomic mass is 16.4. The van der Waals surface area contributed by atoms with Crippen LogP contribution in [0.5, 0.6) is 0 Å². The lowest BCUT2D eigenvalue weighted by molar-refractivity contribution is -0.141. The van der Waals surface area contributed by atoms with Crippen molar-refractivity contribution in [2.75, 3.05) is 27.2 Å². The van der Waals surface area contributed by atoms with Crippen LogP contribution >= 0.6 is 0 Å². The number of likely N-dealkylation sites (N-methyl/N-ethyl adjacent to an activating group) is 1. The average molecular weight is 287 g/mol. The van der Waals surface area contributed by atoms with Crippen molar-refractivity contribution < 1.29 is 14.7 Å². The summed E-state index contributed by atoms with van der Waals surface area (Å²) in [6, 6.07) is -0.560. The van der Waals surface area contributed by atoms with Crippen molar-refractivity contribution in [1.29, 1.82) is 0 Å². The molecular formula is C14H29N3O3. The van der Waals surface area contributed by atoms with E-state index in [4.69, 9.17) is 5.11 Å². The van der Waals surface area contributed by atoms with Gasteiger partial charge in [0.05, 0.1) is 0 Å². The van der Waals surface area contributed by atoms with Gasteiger partial charge in [0.2, 0.25) is 0 Å². The number of carbonyl (C=O) groups excluding carboxylic acids is 1. The van der Waals surface area contributed by atoms with Crippen LogP contribution in [0.1, 0.15) is 40.0 Å². The number of amides is 2. The molecule has 0 aromatic heterocycles. The fourth-order valence-electron chi connectivity index (χ4n) is 1.82. The van der Waals surface area contributed by atoms with E-state index in [1.807, 2.05) is 0 Å². The van der Waals surface area contributed by atoms with E-state index in [0.717, 1.165) is 19.4 Å². The van der Waals surface area contributed by atoms with Gasteiger partial charge in [0.25, 0.3) is 0 Å². The normalized spacial score (nSPS) is 12.6. The summed E-state index contributed by atoms with van der Waals surface area (Å²) in [6.07, 6.45) is 2.30. The van der Waals surface area contributed by atoms with Gasteiger partial charge in [-0.1, -0.05) is 6.92 Å². The van der Waals surface area contributed by atoms with Crippen LogP contribution in [0, 0.1) is 0 Å². The molecule has 0 aromatic rings. The predicted octanol–water partition coefficient (Wildman–Crippen LogP) is 1.61. The Hall–Kier alpha value is -1.30. The highest BCUT2D eigenvalue weighted by molar-refractivity contribution is 5.82. The molecule has 0 aliphatic heterocycles. The molecule has 0 aromatic carbocycles. The van der Waals surface area contributed by atoms with Crippen LogP contribution in [0.2, 0.25) is 0 Å². The quantitative estimate of drug-likeness (QED) is 0.632. The number of nitrogens with one attached hydrogen (secondary N) is 1. The highest BCUT2D eigenvalue weighted by Gasteiger charge is 2.24. The fraction of sp³-hybridized carbons (Fsp3) is 0.857. The summed E-state index contributed by atoms with van der Waals surface area (Å²) >= 11 is 0. The minimum Gasteiger partial charge on any atom is -0.480 e. The number of carboxylic acid groups (broad SMARTS) is 1. The van der Waals surface area contributed by atoms with Gasteiger partial charge in [-0.2, -0.15) is 0 Å². The molecule has 0 bridgehead atoms. The van der Waals surface area contributed by atoms with Crippen LogP contribution in [-0.2, 0) is 4.79 Å². The second-order valence-corrected chi connectivity index (χ2v) is 5.39. The van der Waals surface area contributed by atoms with E-state index in [1.54, 1.807) is 6.92 Å². The van der Waals surface area contributed by atoms with E-state index in [1.165, 1.54) is 11.9 Å². The zero-order valence-corrected chi connectivity index (χ0v) is 13.3. The Bertz CT molecular complexity index is 308. The standard InChI is InChI=1S/C14H29N3O3/c1-6-12(13(18)19)17(5)14(20)15-9-7-8-10-16(4)11(2)3/h11-12H,6-10H2,1-5H3,(H,15,20)(H,18,19). The zero-order valence-electron chi connectivity index (χ0n) is 13.3. The van der Waals surface area contributed by atoms with Crippen LogP contribution in [-0.4, -0.2) is 66.2 Å². The predicted molar refractivity (Wildman–Crippen MR) is 79.9 cm³/mol. The molecule has 118 valence electrons. The Kier molecular flexibility index (Phi) is 8.96. The largest absolute Gasteiger partial charge is 0.480 e. The maximum Gasteiger partial charge on any atom is 0.326 e. The number of nitrogens with zero attached hydrogens (tertiary/aromatic N) is 2. The summed E-state index contributed by atoms with van der Waals surface area (Å²) in [6.45, 7) is 7.62. The first kappa shape index (κ1) is 18.7. The number of rotatable bonds is 9. The van der Waals surface area contributed by atoms with Crippen LogP contribution in [0.4, 0.5) is 4.79 Å². The maximum atomic E-state index is 11.8. The average Bonchev–Trinajstić information content (AvgIpc) is 2.37. The first-order valence-corrected chi connectivity index (χ1v) is 7.24. The van der Waals surface area contributed by atoms with Gasteiger partial charge in [0, 0.05) is 19.6 Å². The molecule has 0 rings (SSSR count). The number of unbranched alkanes of at least 4 members (excludes halogenated alkanes) is 1. The zero-order chi connectivity index (χ0) is 15.7. The molecule has 20 heavy (non-hydrogen) atoms. The van der Waals surface area contributed by atoms with Crippen LogP contribution in [0.3, 0.4) is 0 Å². The molecule has 0 radical (unpaired) electrons. The molecule has 0 aliphatic rings. The van der Waals surface area contributed by atoms with E-state index >= 15 is 0 Å². The van der Waals surface area contributed by atoms with Crippen molar-refractivity contribution in [3.8, 4) is 0 Å². The van der Waals surface area contributed by atoms with E-state index < -0.39 is 12.0 Å². The van der Waals surface area contributed by atoms with Crippen LogP contribution in [0.25, 0.3) is 0 Å². The fourth-order valence-corrected chi connectivity index (χ4v) is 1.82. The van der Waals surface area contributed by atoms with E-state index in [9.17, 15) is 9.59 Å². The number of aliphatic carboxylic acids is 1. The van der Waals surface area contributed by atoms with Gasteiger partial charge in [-0.05, 0) is 46.7 Å². The van der Waals surface area contributed by atoms with Gasteiger partial charge < -0.3 is 20.2 Å². The summed E-state index contributed by atoms with van der Waals surface area (Å²) in [5, 5.41) is 11.7. The number of carboxylic acids is 1. The minimum absolute atomic E-state index is 0.323. The number of hydrogen-bond donors (Lipinski definition) is 2. The van der Waals surface area contributed by atoms with E-state index in [2.05, 4.69) is 31.1 Å². The summed E-state index contributed by atoms with van der Waals surface area (Å²) in [7, 11) is 3.60. The first-order chi connectivity index (χ1) is 9.31. The van der Waals surface area contributed by atoms with E-state index in [0.29, 0.717) is 19.0 Å². The lowest BCUT2D eigenvalue weighted by Gasteiger charge is -2.24. The Morgan fingerprint density at radius 2 is 1.80 bits per heavy atom. The van der Waals surface area contributed by atoms with Gasteiger partial charge >= 0.3 is 12.0 Å². The SMILES string of the molecule is CCC(C(=O)O)N(C)C(=O)NCCCCN(C)C(C)C. The summed E-state index contributed by atoms with van der Waals surface area (Å²) in [5.74, 6) is -0.969. The van der Waals surface area contributed by atoms with Crippen molar-refractivity contribution in [1.82, 2.24) is 15.1 Å². The second-order valence-electron chi connectivity index (χ2n) is 5.39. The molecule has 0 fully saturated rings. The van der Waals surface area contributed by atoms with Crippen molar-refractivity contribution in [2.45, 2.75) is 52.1 Å². The Labute approximate surface area is 122 Å². The third-order valence-corrected chi connectivity index (χ3v) is 3.55. The molecule has 0 heterocycles. The van der Waals surface area contributed by atoms with Gasteiger partial charge in [-0.3, -0.25) is 0 Å². The van der Waals surface area contributed by atoms with Crippen molar-refractivity contribution in [2.24, 2.45) is 0 Å².